The van der Waals surface area contributed by atoms with Crippen LogP contribution in [-0.4, -0.2) is 29.9 Å². The number of aryl methyl sites for hydroxylation is 1. The van der Waals surface area contributed by atoms with E-state index in [-0.39, 0.29) is 17.4 Å². The van der Waals surface area contributed by atoms with Gasteiger partial charge in [-0.15, -0.1) is 0 Å². The Bertz CT molecular complexity index is 801. The minimum Gasteiger partial charge on any atom is -0.493 e. The molecule has 1 N–H and O–H groups in total. The lowest BCUT2D eigenvalue weighted by molar-refractivity contribution is 0.102. The Labute approximate surface area is 155 Å². The standard InChI is InChI=1S/C20H29N3O3/c1-12(2)16-10-15(22-23(16)20(4,5)6)19(24)21-14-11-18(26-8)17(25-7)9-13(14)3/h9-12H,1-8H3,(H,21,24). The Morgan fingerprint density at radius 3 is 2.15 bits per heavy atom. The summed E-state index contributed by atoms with van der Waals surface area (Å²) < 4.78 is 12.5. The van der Waals surface area contributed by atoms with Crippen LogP contribution in [-0.2, 0) is 5.54 Å². The van der Waals surface area contributed by atoms with Gasteiger partial charge in [0.2, 0.25) is 0 Å². The second-order valence-electron chi connectivity index (χ2n) is 7.67. The number of nitrogens with one attached hydrogen (secondary N) is 1. The van der Waals surface area contributed by atoms with E-state index in [1.54, 1.807) is 20.3 Å². The van der Waals surface area contributed by atoms with Gasteiger partial charge < -0.3 is 14.8 Å². The number of hydrogen-bond acceptors (Lipinski definition) is 4. The fraction of sp³-hybridized carbons (Fsp3) is 0.500. The van der Waals surface area contributed by atoms with E-state index in [9.17, 15) is 4.79 Å². The summed E-state index contributed by atoms with van der Waals surface area (Å²) in [6, 6.07) is 5.46. The third-order valence-electron chi connectivity index (χ3n) is 4.18. The van der Waals surface area contributed by atoms with Crippen LogP contribution in [0.2, 0.25) is 0 Å². The van der Waals surface area contributed by atoms with E-state index in [0.717, 1.165) is 11.3 Å². The molecule has 6 heteroatoms. The van der Waals surface area contributed by atoms with Gasteiger partial charge in [0.05, 0.1) is 19.8 Å². The quantitative estimate of drug-likeness (QED) is 0.862. The molecule has 1 amide bonds. The number of rotatable bonds is 5. The Kier molecular flexibility index (Phi) is 5.64. The summed E-state index contributed by atoms with van der Waals surface area (Å²) in [5.41, 5.74) is 2.79. The molecule has 0 bridgehead atoms. The van der Waals surface area contributed by atoms with Gasteiger partial charge in [-0.05, 0) is 51.3 Å². The van der Waals surface area contributed by atoms with Crippen molar-refractivity contribution < 1.29 is 14.3 Å². The zero-order valence-corrected chi connectivity index (χ0v) is 16.9. The lowest BCUT2D eigenvalue weighted by Crippen LogP contribution is -2.26. The first-order valence-corrected chi connectivity index (χ1v) is 8.73. The number of nitrogens with zero attached hydrogens (tertiary/aromatic N) is 2. The van der Waals surface area contributed by atoms with E-state index in [2.05, 4.69) is 45.0 Å². The molecule has 0 unspecified atom stereocenters. The molecule has 26 heavy (non-hydrogen) atoms. The number of anilines is 1. The van der Waals surface area contributed by atoms with Crippen molar-refractivity contribution in [2.45, 2.75) is 53.0 Å². The van der Waals surface area contributed by atoms with Gasteiger partial charge in [-0.2, -0.15) is 5.10 Å². The van der Waals surface area contributed by atoms with Gasteiger partial charge in [-0.25, -0.2) is 0 Å². The van der Waals surface area contributed by atoms with E-state index in [4.69, 9.17) is 9.47 Å². The fourth-order valence-corrected chi connectivity index (χ4v) is 2.76. The van der Waals surface area contributed by atoms with E-state index in [0.29, 0.717) is 22.9 Å². The van der Waals surface area contributed by atoms with Crippen LogP contribution in [0.15, 0.2) is 18.2 Å². The molecule has 0 saturated carbocycles. The monoisotopic (exact) mass is 359 g/mol. The minimum absolute atomic E-state index is 0.197. The highest BCUT2D eigenvalue weighted by Gasteiger charge is 2.24. The van der Waals surface area contributed by atoms with Crippen molar-refractivity contribution in [3.8, 4) is 11.5 Å². The predicted octanol–water partition coefficient (Wildman–Crippen LogP) is 4.34. The SMILES string of the molecule is COc1cc(C)c(NC(=O)c2cc(C(C)C)n(C(C)(C)C)n2)cc1OC. The van der Waals surface area contributed by atoms with Crippen molar-refractivity contribution in [2.75, 3.05) is 19.5 Å². The topological polar surface area (TPSA) is 65.4 Å². The van der Waals surface area contributed by atoms with Crippen molar-refractivity contribution in [1.82, 2.24) is 9.78 Å². The van der Waals surface area contributed by atoms with Crippen LogP contribution in [0.4, 0.5) is 5.69 Å². The largest absolute Gasteiger partial charge is 0.493 e. The van der Waals surface area contributed by atoms with Gasteiger partial charge >= 0.3 is 0 Å². The molecule has 1 heterocycles. The third-order valence-corrected chi connectivity index (χ3v) is 4.18. The van der Waals surface area contributed by atoms with Crippen molar-refractivity contribution in [2.24, 2.45) is 0 Å². The second-order valence-corrected chi connectivity index (χ2v) is 7.67. The van der Waals surface area contributed by atoms with E-state index in [1.165, 1.54) is 0 Å². The number of carbonyl (C=O) groups excluding carboxylic acids is 1. The minimum atomic E-state index is -0.245. The van der Waals surface area contributed by atoms with Gasteiger partial charge in [-0.3, -0.25) is 9.48 Å². The Morgan fingerprint density at radius 2 is 1.69 bits per heavy atom. The second kappa shape index (κ2) is 7.40. The molecule has 0 aliphatic carbocycles. The molecule has 0 spiro atoms. The zero-order chi connectivity index (χ0) is 19.6. The molecule has 6 nitrogen and oxygen atoms in total. The van der Waals surface area contributed by atoms with Gasteiger partial charge in [0.25, 0.3) is 5.91 Å². The normalized spacial score (nSPS) is 11.6. The summed E-state index contributed by atoms with van der Waals surface area (Å²) in [4.78, 5) is 12.8. The molecule has 142 valence electrons. The molecule has 0 fully saturated rings. The van der Waals surface area contributed by atoms with Crippen LogP contribution < -0.4 is 14.8 Å². The summed E-state index contributed by atoms with van der Waals surface area (Å²) >= 11 is 0. The fourth-order valence-electron chi connectivity index (χ4n) is 2.76. The number of aromatic nitrogens is 2. The first-order chi connectivity index (χ1) is 12.1. The maximum Gasteiger partial charge on any atom is 0.276 e. The van der Waals surface area contributed by atoms with Crippen LogP contribution in [0, 0.1) is 6.92 Å². The van der Waals surface area contributed by atoms with Crippen LogP contribution >= 0.6 is 0 Å². The Balaban J connectivity index is 2.37. The highest BCUT2D eigenvalue weighted by atomic mass is 16.5. The third kappa shape index (κ3) is 4.00. The lowest BCUT2D eigenvalue weighted by Gasteiger charge is -2.23. The predicted molar refractivity (Wildman–Crippen MR) is 104 cm³/mol. The van der Waals surface area contributed by atoms with Crippen LogP contribution in [0.1, 0.15) is 62.3 Å². The molecule has 0 radical (unpaired) electrons. The van der Waals surface area contributed by atoms with Gasteiger partial charge in [-0.1, -0.05) is 13.8 Å². The molecular formula is C20H29N3O3. The molecular weight excluding hydrogens is 330 g/mol. The summed E-state index contributed by atoms with van der Waals surface area (Å²) in [6.45, 7) is 12.3. The van der Waals surface area contributed by atoms with E-state index < -0.39 is 0 Å². The number of methoxy groups -OCH3 is 2. The maximum atomic E-state index is 12.8. The van der Waals surface area contributed by atoms with Gasteiger partial charge in [0.1, 0.15) is 0 Å². The summed E-state index contributed by atoms with van der Waals surface area (Å²) in [5, 5.41) is 7.49. The van der Waals surface area contributed by atoms with Gasteiger partial charge in [0, 0.05) is 17.4 Å². The van der Waals surface area contributed by atoms with Crippen LogP contribution in [0.3, 0.4) is 0 Å². The molecule has 0 aliphatic heterocycles. The van der Waals surface area contributed by atoms with E-state index >= 15 is 0 Å². The molecule has 1 aromatic carbocycles. The molecule has 0 atom stereocenters. The summed E-state index contributed by atoms with van der Waals surface area (Å²) in [5.74, 6) is 1.22. The first-order valence-electron chi connectivity index (χ1n) is 8.73. The number of carbonyl (C=O) groups is 1. The molecule has 1 aromatic heterocycles. The first kappa shape index (κ1) is 19.8. The van der Waals surface area contributed by atoms with Crippen molar-refractivity contribution in [1.29, 1.82) is 0 Å². The Hall–Kier alpha value is -2.50. The van der Waals surface area contributed by atoms with Gasteiger partial charge in [0.15, 0.2) is 17.2 Å². The van der Waals surface area contributed by atoms with Crippen molar-refractivity contribution >= 4 is 11.6 Å². The van der Waals surface area contributed by atoms with Crippen LogP contribution in [0.25, 0.3) is 0 Å². The van der Waals surface area contributed by atoms with Crippen LogP contribution in [0.5, 0.6) is 11.5 Å². The highest BCUT2D eigenvalue weighted by molar-refractivity contribution is 6.03. The zero-order valence-electron chi connectivity index (χ0n) is 16.9. The lowest BCUT2D eigenvalue weighted by atomic mass is 10.1. The number of hydrogen-bond donors (Lipinski definition) is 1. The van der Waals surface area contributed by atoms with Crippen molar-refractivity contribution in [3.63, 3.8) is 0 Å². The summed E-state index contributed by atoms with van der Waals surface area (Å²) in [7, 11) is 3.15. The average Bonchev–Trinajstić information content (AvgIpc) is 3.02. The molecule has 0 saturated heterocycles. The highest BCUT2D eigenvalue weighted by Crippen LogP contribution is 2.33. The molecule has 2 rings (SSSR count). The number of amides is 1. The molecule has 2 aromatic rings. The number of benzene rings is 1. The number of ether oxygens (including phenoxy) is 2. The van der Waals surface area contributed by atoms with E-state index in [1.807, 2.05) is 23.7 Å². The smallest absolute Gasteiger partial charge is 0.276 e. The average molecular weight is 359 g/mol. The summed E-state index contributed by atoms with van der Waals surface area (Å²) in [6.07, 6.45) is 0. The molecule has 0 aliphatic rings. The Morgan fingerprint density at radius 1 is 1.12 bits per heavy atom. The van der Waals surface area contributed by atoms with Crippen molar-refractivity contribution in [3.05, 3.63) is 35.2 Å². The maximum absolute atomic E-state index is 12.8.